The first kappa shape index (κ1) is 17.3. The van der Waals surface area contributed by atoms with Crippen LogP contribution in [0.25, 0.3) is 0 Å². The fourth-order valence-electron chi connectivity index (χ4n) is 2.45. The number of hydrogen-bond donors (Lipinski definition) is 4. The number of phenolic OH excluding ortho intramolecular Hbond substituents is 4. The molecule has 24 heavy (non-hydrogen) atoms. The van der Waals surface area contributed by atoms with Crippen molar-refractivity contribution in [2.45, 2.75) is 25.7 Å². The van der Waals surface area contributed by atoms with Crippen LogP contribution < -0.4 is 0 Å². The molecule has 0 aromatic heterocycles. The minimum absolute atomic E-state index is 0.0607. The third-order valence-corrected chi connectivity index (χ3v) is 3.66. The molecule has 0 radical (unpaired) electrons. The van der Waals surface area contributed by atoms with Gasteiger partial charge in [0.1, 0.15) is 34.1 Å². The number of phenols is 4. The third kappa shape index (κ3) is 3.84. The molecule has 6 heteroatoms. The van der Waals surface area contributed by atoms with Gasteiger partial charge in [-0.2, -0.15) is 0 Å². The number of carbonyl (C=O) groups excluding carboxylic acids is 2. The molecular weight excluding hydrogens is 312 g/mol. The lowest BCUT2D eigenvalue weighted by molar-refractivity contribution is 0.0948. The Labute approximate surface area is 138 Å². The van der Waals surface area contributed by atoms with Gasteiger partial charge in [0.2, 0.25) is 0 Å². The maximum absolute atomic E-state index is 12.0. The van der Waals surface area contributed by atoms with Crippen molar-refractivity contribution >= 4 is 11.6 Å². The van der Waals surface area contributed by atoms with Crippen LogP contribution in [-0.4, -0.2) is 32.0 Å². The largest absolute Gasteiger partial charge is 0.507 e. The second kappa shape index (κ2) is 7.50. The summed E-state index contributed by atoms with van der Waals surface area (Å²) in [6.07, 6.45) is 0.857. The van der Waals surface area contributed by atoms with Gasteiger partial charge in [0.15, 0.2) is 11.6 Å². The van der Waals surface area contributed by atoms with Gasteiger partial charge in [-0.1, -0.05) is 12.1 Å². The third-order valence-electron chi connectivity index (χ3n) is 3.66. The number of aromatic hydroxyl groups is 4. The van der Waals surface area contributed by atoms with Crippen LogP contribution in [0.4, 0.5) is 0 Å². The van der Waals surface area contributed by atoms with Crippen LogP contribution in [0.1, 0.15) is 46.4 Å². The van der Waals surface area contributed by atoms with Crippen molar-refractivity contribution in [1.82, 2.24) is 0 Å². The summed E-state index contributed by atoms with van der Waals surface area (Å²) in [5.41, 5.74) is -0.246. The van der Waals surface area contributed by atoms with Crippen LogP contribution >= 0.6 is 0 Å². The fraction of sp³-hybridized carbons (Fsp3) is 0.222. The maximum atomic E-state index is 12.0. The minimum atomic E-state index is -0.413. The summed E-state index contributed by atoms with van der Waals surface area (Å²) < 4.78 is 0. The molecule has 0 atom stereocenters. The van der Waals surface area contributed by atoms with Crippen molar-refractivity contribution in [2.75, 3.05) is 0 Å². The average molecular weight is 330 g/mol. The van der Waals surface area contributed by atoms with Crippen molar-refractivity contribution in [3.8, 4) is 23.0 Å². The molecule has 0 heterocycles. The highest BCUT2D eigenvalue weighted by molar-refractivity contribution is 6.02. The van der Waals surface area contributed by atoms with Crippen molar-refractivity contribution < 1.29 is 30.0 Å². The topological polar surface area (TPSA) is 115 Å². The Morgan fingerprint density at radius 3 is 1.21 bits per heavy atom. The van der Waals surface area contributed by atoms with Crippen LogP contribution in [0, 0.1) is 0 Å². The summed E-state index contributed by atoms with van der Waals surface area (Å²) in [6, 6.07) is 8.13. The van der Waals surface area contributed by atoms with E-state index >= 15 is 0 Å². The van der Waals surface area contributed by atoms with E-state index < -0.39 is 11.6 Å². The van der Waals surface area contributed by atoms with E-state index in [9.17, 15) is 30.0 Å². The first-order valence-electron chi connectivity index (χ1n) is 7.50. The number of Topliss-reactive ketones (excluding diaryl/α,β-unsaturated/α-hetero) is 2. The van der Waals surface area contributed by atoms with Crippen LogP contribution in [0.3, 0.4) is 0 Å². The normalized spacial score (nSPS) is 10.5. The quantitative estimate of drug-likeness (QED) is 0.458. The molecule has 2 aromatic carbocycles. The van der Waals surface area contributed by atoms with Gasteiger partial charge < -0.3 is 20.4 Å². The molecule has 0 unspecified atom stereocenters. The molecule has 2 aromatic rings. The summed E-state index contributed by atoms with van der Waals surface area (Å²) in [5, 5.41) is 38.5. The van der Waals surface area contributed by atoms with E-state index in [1.165, 1.54) is 36.4 Å². The molecule has 0 aliphatic rings. The number of carbonyl (C=O) groups is 2. The van der Waals surface area contributed by atoms with Crippen LogP contribution in [0.15, 0.2) is 36.4 Å². The zero-order valence-electron chi connectivity index (χ0n) is 12.9. The minimum Gasteiger partial charge on any atom is -0.507 e. The lowest BCUT2D eigenvalue weighted by Crippen LogP contribution is -2.03. The zero-order valence-corrected chi connectivity index (χ0v) is 12.9. The molecular formula is C18H18O6. The molecule has 0 bridgehead atoms. The Morgan fingerprint density at radius 2 is 0.917 bits per heavy atom. The Balaban J connectivity index is 1.89. The number of ketones is 2. The van der Waals surface area contributed by atoms with Gasteiger partial charge in [-0.3, -0.25) is 9.59 Å². The highest BCUT2D eigenvalue weighted by Crippen LogP contribution is 2.29. The summed E-state index contributed by atoms with van der Waals surface area (Å²) in [5.74, 6) is -1.96. The van der Waals surface area contributed by atoms with Crippen molar-refractivity contribution in [3.05, 3.63) is 47.5 Å². The highest BCUT2D eigenvalue weighted by Gasteiger charge is 2.17. The number of hydrogen-bond acceptors (Lipinski definition) is 6. The summed E-state index contributed by atoms with van der Waals surface area (Å²) in [6.45, 7) is 0. The number of benzene rings is 2. The zero-order chi connectivity index (χ0) is 17.7. The first-order valence-corrected chi connectivity index (χ1v) is 7.50. The molecule has 4 N–H and O–H groups in total. The van der Waals surface area contributed by atoms with Crippen LogP contribution in [-0.2, 0) is 0 Å². The number of unbranched alkanes of at least 4 members (excludes halogenated alkanes) is 1. The van der Waals surface area contributed by atoms with Crippen molar-refractivity contribution in [3.63, 3.8) is 0 Å². The molecule has 0 aliphatic heterocycles. The Kier molecular flexibility index (Phi) is 5.42. The molecule has 0 saturated carbocycles. The molecule has 0 aliphatic carbocycles. The Hall–Kier alpha value is -3.02. The van der Waals surface area contributed by atoms with Gasteiger partial charge in [-0.15, -0.1) is 0 Å². The average Bonchev–Trinajstić information content (AvgIpc) is 2.51. The van der Waals surface area contributed by atoms with Gasteiger partial charge in [0.05, 0.1) is 0 Å². The summed E-state index contributed by atoms with van der Waals surface area (Å²) >= 11 is 0. The monoisotopic (exact) mass is 330 g/mol. The Bertz CT molecular complexity index is 660. The van der Waals surface area contributed by atoms with Gasteiger partial charge in [-0.25, -0.2) is 0 Å². The van der Waals surface area contributed by atoms with E-state index in [0.717, 1.165) is 0 Å². The summed E-state index contributed by atoms with van der Waals surface area (Å²) in [7, 11) is 0. The standard InChI is InChI=1S/C18H18O6/c19-11(17-13(21)7-3-8-14(17)22)5-1-2-6-12(20)18-15(23)9-4-10-16(18)24/h3-4,7-10,21-24H,1-2,5-6H2. The molecule has 126 valence electrons. The maximum Gasteiger partial charge on any atom is 0.170 e. The predicted molar refractivity (Wildman–Crippen MR) is 86.7 cm³/mol. The van der Waals surface area contributed by atoms with Gasteiger partial charge >= 0.3 is 0 Å². The summed E-state index contributed by atoms with van der Waals surface area (Å²) in [4.78, 5) is 24.0. The molecule has 6 nitrogen and oxygen atoms in total. The van der Waals surface area contributed by atoms with E-state index in [2.05, 4.69) is 0 Å². The molecule has 0 spiro atoms. The van der Waals surface area contributed by atoms with Crippen LogP contribution in [0.2, 0.25) is 0 Å². The first-order chi connectivity index (χ1) is 11.4. The van der Waals surface area contributed by atoms with E-state index in [4.69, 9.17) is 0 Å². The van der Waals surface area contributed by atoms with E-state index in [1.807, 2.05) is 0 Å². The van der Waals surface area contributed by atoms with Gasteiger partial charge in [0.25, 0.3) is 0 Å². The van der Waals surface area contributed by atoms with Crippen LogP contribution in [0.5, 0.6) is 23.0 Å². The lowest BCUT2D eigenvalue weighted by atomic mass is 10.00. The van der Waals surface area contributed by atoms with Crippen molar-refractivity contribution in [2.24, 2.45) is 0 Å². The lowest BCUT2D eigenvalue weighted by Gasteiger charge is -2.07. The molecule has 0 saturated heterocycles. The van der Waals surface area contributed by atoms with E-state index in [-0.39, 0.29) is 47.0 Å². The van der Waals surface area contributed by atoms with Gasteiger partial charge in [-0.05, 0) is 37.1 Å². The second-order valence-corrected chi connectivity index (χ2v) is 5.40. The number of rotatable bonds is 7. The molecule has 0 amide bonds. The second-order valence-electron chi connectivity index (χ2n) is 5.40. The fourth-order valence-corrected chi connectivity index (χ4v) is 2.45. The SMILES string of the molecule is O=C(CCCCC(=O)c1c(O)cccc1O)c1c(O)cccc1O. The van der Waals surface area contributed by atoms with E-state index in [1.54, 1.807) is 0 Å². The molecule has 0 fully saturated rings. The highest BCUT2D eigenvalue weighted by atomic mass is 16.3. The molecule has 2 rings (SSSR count). The van der Waals surface area contributed by atoms with Gasteiger partial charge in [0, 0.05) is 12.8 Å². The van der Waals surface area contributed by atoms with E-state index in [0.29, 0.717) is 12.8 Å². The Morgan fingerprint density at radius 1 is 0.625 bits per heavy atom. The smallest absolute Gasteiger partial charge is 0.170 e. The predicted octanol–water partition coefficient (Wildman–Crippen LogP) is 3.14. The van der Waals surface area contributed by atoms with Crippen molar-refractivity contribution in [1.29, 1.82) is 0 Å².